The van der Waals surface area contributed by atoms with Gasteiger partial charge in [-0.1, -0.05) is 62.4 Å². The molecule has 2 aromatic rings. The van der Waals surface area contributed by atoms with E-state index in [-0.39, 0.29) is 16.9 Å². The summed E-state index contributed by atoms with van der Waals surface area (Å²) in [6.07, 6.45) is 4.24. The lowest BCUT2D eigenvalue weighted by molar-refractivity contribution is -0.132. The van der Waals surface area contributed by atoms with Crippen molar-refractivity contribution in [3.63, 3.8) is 0 Å². The average Bonchev–Trinajstić information content (AvgIpc) is 2.82. The molecule has 1 aliphatic heterocycles. The maximum atomic E-state index is 12.8. The zero-order chi connectivity index (χ0) is 22.3. The van der Waals surface area contributed by atoms with Crippen molar-refractivity contribution in [1.29, 1.82) is 0 Å². The lowest BCUT2D eigenvalue weighted by atomic mass is 9.66. The minimum absolute atomic E-state index is 0.0847. The second-order valence-electron chi connectivity index (χ2n) is 8.96. The molecule has 0 aromatic heterocycles. The van der Waals surface area contributed by atoms with Gasteiger partial charge >= 0.3 is 0 Å². The molecule has 4 nitrogen and oxygen atoms in total. The van der Waals surface area contributed by atoms with Crippen molar-refractivity contribution in [2.24, 2.45) is 0 Å². The molecule has 4 heteroatoms. The van der Waals surface area contributed by atoms with Crippen LogP contribution in [0.25, 0.3) is 0 Å². The number of para-hydroxylation sites is 1. The fraction of sp³-hybridized carbons (Fsp3) is 0.519. The van der Waals surface area contributed by atoms with Gasteiger partial charge in [0.15, 0.2) is 0 Å². The molecular formula is C27H37NO3. The highest BCUT2D eigenvalue weighted by Gasteiger charge is 2.45. The minimum Gasteiger partial charge on any atom is -0.496 e. The Morgan fingerprint density at radius 2 is 1.81 bits per heavy atom. The van der Waals surface area contributed by atoms with Gasteiger partial charge in [-0.15, -0.1) is 0 Å². The third-order valence-corrected chi connectivity index (χ3v) is 6.90. The zero-order valence-electron chi connectivity index (χ0n) is 19.5. The number of rotatable bonds is 9. The van der Waals surface area contributed by atoms with Crippen molar-refractivity contribution in [3.8, 4) is 5.75 Å². The van der Waals surface area contributed by atoms with Crippen LogP contribution in [0.1, 0.15) is 64.0 Å². The molecule has 1 heterocycles. The van der Waals surface area contributed by atoms with Gasteiger partial charge in [0.25, 0.3) is 0 Å². The summed E-state index contributed by atoms with van der Waals surface area (Å²) in [5.74, 6) is 1.13. The van der Waals surface area contributed by atoms with Crippen LogP contribution in [0.5, 0.6) is 5.75 Å². The molecule has 0 radical (unpaired) electrons. The molecule has 3 rings (SSSR count). The summed E-state index contributed by atoms with van der Waals surface area (Å²) < 4.78 is 12.0. The number of hydrogen-bond acceptors (Lipinski definition) is 3. The number of methoxy groups -OCH3 is 1. The third-order valence-electron chi connectivity index (χ3n) is 6.90. The molecule has 31 heavy (non-hydrogen) atoms. The van der Waals surface area contributed by atoms with Crippen LogP contribution in [0.15, 0.2) is 54.6 Å². The molecule has 1 amide bonds. The van der Waals surface area contributed by atoms with Gasteiger partial charge in [-0.05, 0) is 44.2 Å². The second-order valence-corrected chi connectivity index (χ2v) is 8.96. The van der Waals surface area contributed by atoms with Crippen molar-refractivity contribution in [2.45, 2.75) is 70.4 Å². The van der Waals surface area contributed by atoms with Crippen molar-refractivity contribution in [2.75, 3.05) is 20.3 Å². The first-order valence-electron chi connectivity index (χ1n) is 11.5. The van der Waals surface area contributed by atoms with Crippen molar-refractivity contribution < 1.29 is 14.3 Å². The standard InChI is InChI=1S/C27H37NO3/c1-5-25(29)28(20-22-12-8-7-9-13-22)18-16-27(17-19-31-26(3,6-2)21-27)23-14-10-11-15-24(23)30-4/h7-15H,5-6,16-21H2,1-4H3/t26-,27+/m1/s1. The van der Waals surface area contributed by atoms with Crippen LogP contribution in [0.3, 0.4) is 0 Å². The number of carbonyl (C=O) groups is 1. The van der Waals surface area contributed by atoms with Crippen LogP contribution in [0.4, 0.5) is 0 Å². The Morgan fingerprint density at radius 1 is 1.10 bits per heavy atom. The van der Waals surface area contributed by atoms with Gasteiger partial charge in [-0.2, -0.15) is 0 Å². The van der Waals surface area contributed by atoms with E-state index in [0.29, 0.717) is 13.0 Å². The first-order chi connectivity index (χ1) is 14.9. The van der Waals surface area contributed by atoms with Crippen molar-refractivity contribution >= 4 is 5.91 Å². The monoisotopic (exact) mass is 423 g/mol. The van der Waals surface area contributed by atoms with E-state index in [0.717, 1.165) is 44.6 Å². The van der Waals surface area contributed by atoms with Gasteiger partial charge < -0.3 is 14.4 Å². The first kappa shape index (κ1) is 23.3. The average molecular weight is 424 g/mol. The Hall–Kier alpha value is -2.33. The number of amides is 1. The zero-order valence-corrected chi connectivity index (χ0v) is 19.5. The van der Waals surface area contributed by atoms with Crippen molar-refractivity contribution in [3.05, 3.63) is 65.7 Å². The molecule has 2 aromatic carbocycles. The summed E-state index contributed by atoms with van der Waals surface area (Å²) in [5, 5.41) is 0. The number of benzene rings is 2. The van der Waals surface area contributed by atoms with Gasteiger partial charge in [-0.3, -0.25) is 4.79 Å². The van der Waals surface area contributed by atoms with E-state index >= 15 is 0 Å². The number of hydrogen-bond donors (Lipinski definition) is 0. The molecule has 0 unspecified atom stereocenters. The topological polar surface area (TPSA) is 38.8 Å². The predicted molar refractivity (Wildman–Crippen MR) is 125 cm³/mol. The highest BCUT2D eigenvalue weighted by atomic mass is 16.5. The van der Waals surface area contributed by atoms with Crippen LogP contribution in [-0.2, 0) is 21.5 Å². The van der Waals surface area contributed by atoms with E-state index in [1.165, 1.54) is 11.1 Å². The SMILES string of the molecule is CCC(=O)N(CC[C@]1(c2ccccc2OC)CCO[C@](C)(CC)C1)Cc1ccccc1. The largest absolute Gasteiger partial charge is 0.496 e. The van der Waals surface area contributed by atoms with Gasteiger partial charge in [0.05, 0.1) is 12.7 Å². The number of ether oxygens (including phenoxy) is 2. The van der Waals surface area contributed by atoms with E-state index < -0.39 is 0 Å². The van der Waals surface area contributed by atoms with Crippen molar-refractivity contribution in [1.82, 2.24) is 4.90 Å². The van der Waals surface area contributed by atoms with Crippen LogP contribution < -0.4 is 4.74 Å². The molecule has 2 atom stereocenters. The fourth-order valence-corrected chi connectivity index (χ4v) is 4.90. The summed E-state index contributed by atoms with van der Waals surface area (Å²) in [7, 11) is 1.74. The Morgan fingerprint density at radius 3 is 2.48 bits per heavy atom. The highest BCUT2D eigenvalue weighted by Crippen LogP contribution is 2.48. The summed E-state index contributed by atoms with van der Waals surface area (Å²) in [5.41, 5.74) is 2.15. The van der Waals surface area contributed by atoms with E-state index in [2.05, 4.69) is 44.2 Å². The van der Waals surface area contributed by atoms with Crippen LogP contribution in [0, 0.1) is 0 Å². The maximum Gasteiger partial charge on any atom is 0.222 e. The molecule has 1 aliphatic rings. The first-order valence-corrected chi connectivity index (χ1v) is 11.5. The Kier molecular flexibility index (Phi) is 7.77. The quantitative estimate of drug-likeness (QED) is 0.516. The van der Waals surface area contributed by atoms with Crippen LogP contribution >= 0.6 is 0 Å². The van der Waals surface area contributed by atoms with Gasteiger partial charge in [0.1, 0.15) is 5.75 Å². The molecule has 0 spiro atoms. The lowest BCUT2D eigenvalue weighted by Crippen LogP contribution is -2.47. The van der Waals surface area contributed by atoms with E-state index in [4.69, 9.17) is 9.47 Å². The summed E-state index contributed by atoms with van der Waals surface area (Å²) in [4.78, 5) is 14.8. The molecule has 0 saturated carbocycles. The predicted octanol–water partition coefficient (Wildman–Crippen LogP) is 5.74. The maximum absolute atomic E-state index is 12.8. The van der Waals surface area contributed by atoms with Gasteiger partial charge in [0.2, 0.25) is 5.91 Å². The lowest BCUT2D eigenvalue weighted by Gasteiger charge is -2.47. The Labute approximate surface area is 187 Å². The van der Waals surface area contributed by atoms with Gasteiger partial charge in [-0.25, -0.2) is 0 Å². The normalized spacial score (nSPS) is 23.4. The number of carbonyl (C=O) groups excluding carboxylic acids is 1. The molecule has 0 N–H and O–H groups in total. The molecule has 0 aliphatic carbocycles. The fourth-order valence-electron chi connectivity index (χ4n) is 4.90. The smallest absolute Gasteiger partial charge is 0.222 e. The Bertz CT molecular complexity index is 853. The van der Waals surface area contributed by atoms with E-state index in [1.54, 1.807) is 7.11 Å². The van der Waals surface area contributed by atoms with Gasteiger partial charge in [0, 0.05) is 37.1 Å². The summed E-state index contributed by atoms with van der Waals surface area (Å²) in [6.45, 7) is 8.45. The Balaban J connectivity index is 1.91. The summed E-state index contributed by atoms with van der Waals surface area (Å²) in [6, 6.07) is 18.6. The van der Waals surface area contributed by atoms with Crippen LogP contribution in [0.2, 0.25) is 0 Å². The molecule has 168 valence electrons. The third kappa shape index (κ3) is 5.48. The minimum atomic E-state index is -0.169. The molecule has 1 fully saturated rings. The van der Waals surface area contributed by atoms with Crippen LogP contribution in [-0.4, -0.2) is 36.7 Å². The second kappa shape index (κ2) is 10.3. The number of nitrogens with zero attached hydrogens (tertiary/aromatic N) is 1. The summed E-state index contributed by atoms with van der Waals surface area (Å²) >= 11 is 0. The highest BCUT2D eigenvalue weighted by molar-refractivity contribution is 5.75. The molecule has 1 saturated heterocycles. The molecular weight excluding hydrogens is 386 g/mol. The van der Waals surface area contributed by atoms with E-state index in [9.17, 15) is 4.79 Å². The molecule has 0 bridgehead atoms. The van der Waals surface area contributed by atoms with E-state index in [1.807, 2.05) is 36.1 Å².